The highest BCUT2D eigenvalue weighted by Gasteiger charge is 2.16. The summed E-state index contributed by atoms with van der Waals surface area (Å²) >= 11 is 0. The van der Waals surface area contributed by atoms with E-state index in [1.165, 1.54) is 0 Å². The maximum absolute atomic E-state index is 12.5. The fraction of sp³-hybridized carbons (Fsp3) is 0.333. The molecule has 0 fully saturated rings. The second kappa shape index (κ2) is 10.9. The molecule has 0 aliphatic carbocycles. The monoisotopic (exact) mass is 456 g/mol. The number of amides is 1. The van der Waals surface area contributed by atoms with Crippen LogP contribution < -0.4 is 14.8 Å². The van der Waals surface area contributed by atoms with Crippen LogP contribution in [-0.2, 0) is 27.8 Å². The third-order valence-electron chi connectivity index (χ3n) is 4.99. The van der Waals surface area contributed by atoms with Crippen LogP contribution in [0.1, 0.15) is 22.6 Å². The van der Waals surface area contributed by atoms with Crippen molar-refractivity contribution in [3.63, 3.8) is 0 Å². The van der Waals surface area contributed by atoms with Gasteiger partial charge >= 0.3 is 0 Å². The van der Waals surface area contributed by atoms with Crippen molar-refractivity contribution in [3.05, 3.63) is 65.0 Å². The number of ether oxygens (including phenoxy) is 2. The lowest BCUT2D eigenvalue weighted by molar-refractivity contribution is -0.118. The van der Waals surface area contributed by atoms with Crippen molar-refractivity contribution < 1.29 is 22.9 Å². The molecule has 3 rings (SSSR count). The first kappa shape index (κ1) is 23.5. The van der Waals surface area contributed by atoms with Crippen molar-refractivity contribution in [2.45, 2.75) is 26.0 Å². The predicted octanol–water partition coefficient (Wildman–Crippen LogP) is 3.58. The molecule has 8 heteroatoms. The molecule has 2 aromatic carbocycles. The molecule has 0 radical (unpaired) electrons. The number of carbonyl (C=O) groups excluding carboxylic acids is 1. The maximum atomic E-state index is 12.5. The summed E-state index contributed by atoms with van der Waals surface area (Å²) < 4.78 is 28.8. The highest BCUT2D eigenvalue weighted by atomic mass is 32.2. The molecule has 1 atom stereocenters. The van der Waals surface area contributed by atoms with E-state index in [2.05, 4.69) is 10.3 Å². The van der Waals surface area contributed by atoms with Gasteiger partial charge in [-0.15, -0.1) is 0 Å². The first-order valence-corrected chi connectivity index (χ1v) is 11.7. The van der Waals surface area contributed by atoms with Gasteiger partial charge in [0.15, 0.2) is 0 Å². The Morgan fingerprint density at radius 2 is 1.84 bits per heavy atom. The van der Waals surface area contributed by atoms with Gasteiger partial charge in [-0.05, 0) is 44.0 Å². The largest absolute Gasteiger partial charge is 0.497 e. The van der Waals surface area contributed by atoms with E-state index in [1.807, 2.05) is 43.3 Å². The molecule has 0 aliphatic rings. The molecule has 32 heavy (non-hydrogen) atoms. The third kappa shape index (κ3) is 6.20. The summed E-state index contributed by atoms with van der Waals surface area (Å²) in [5.74, 6) is 2.32. The fourth-order valence-electron chi connectivity index (χ4n) is 3.18. The number of aryl methyl sites for hydroxylation is 2. The van der Waals surface area contributed by atoms with Crippen LogP contribution in [0.2, 0.25) is 0 Å². The van der Waals surface area contributed by atoms with Gasteiger partial charge in [-0.2, -0.15) is 0 Å². The van der Waals surface area contributed by atoms with E-state index in [-0.39, 0.29) is 17.4 Å². The van der Waals surface area contributed by atoms with Gasteiger partial charge in [0.2, 0.25) is 11.8 Å². The fourth-order valence-corrected chi connectivity index (χ4v) is 4.25. The number of benzene rings is 2. The van der Waals surface area contributed by atoms with Crippen LogP contribution in [-0.4, -0.2) is 41.6 Å². The summed E-state index contributed by atoms with van der Waals surface area (Å²) in [5, 5.41) is 2.82. The Morgan fingerprint density at radius 3 is 2.53 bits per heavy atom. The van der Waals surface area contributed by atoms with Gasteiger partial charge in [0.25, 0.3) is 0 Å². The van der Waals surface area contributed by atoms with E-state index >= 15 is 0 Å². The highest BCUT2D eigenvalue weighted by molar-refractivity contribution is 7.84. The van der Waals surface area contributed by atoms with E-state index in [0.717, 1.165) is 16.7 Å². The summed E-state index contributed by atoms with van der Waals surface area (Å²) in [4.78, 5) is 16.7. The van der Waals surface area contributed by atoms with Gasteiger partial charge in [0.1, 0.15) is 23.0 Å². The van der Waals surface area contributed by atoms with Gasteiger partial charge in [-0.3, -0.25) is 9.00 Å². The van der Waals surface area contributed by atoms with Crippen LogP contribution in [0.5, 0.6) is 11.5 Å². The normalized spacial score (nSPS) is 11.8. The van der Waals surface area contributed by atoms with Crippen molar-refractivity contribution in [2.24, 2.45) is 0 Å². The zero-order valence-electron chi connectivity index (χ0n) is 18.8. The average Bonchev–Trinajstić information content (AvgIpc) is 3.14. The SMILES string of the molecule is COc1ccc(CCNC(=O)C[S@@](=O)Cc2nc(-c3ccc(C)cc3)oc2C)c(OC)c1. The number of hydrogen-bond donors (Lipinski definition) is 1. The Bertz CT molecular complexity index is 1090. The number of nitrogens with one attached hydrogen (secondary N) is 1. The summed E-state index contributed by atoms with van der Waals surface area (Å²) in [6.45, 7) is 4.22. The van der Waals surface area contributed by atoms with E-state index < -0.39 is 10.8 Å². The molecule has 0 spiro atoms. The van der Waals surface area contributed by atoms with Gasteiger partial charge < -0.3 is 19.2 Å². The topological polar surface area (TPSA) is 90.7 Å². The molecule has 0 saturated carbocycles. The summed E-state index contributed by atoms with van der Waals surface area (Å²) in [6, 6.07) is 13.4. The first-order chi connectivity index (χ1) is 15.4. The molecule has 7 nitrogen and oxygen atoms in total. The van der Waals surface area contributed by atoms with E-state index in [0.29, 0.717) is 41.8 Å². The van der Waals surface area contributed by atoms with Crippen molar-refractivity contribution in [1.82, 2.24) is 10.3 Å². The van der Waals surface area contributed by atoms with Crippen LogP contribution in [0.25, 0.3) is 11.5 Å². The van der Waals surface area contributed by atoms with Crippen LogP contribution >= 0.6 is 0 Å². The van der Waals surface area contributed by atoms with E-state index in [9.17, 15) is 9.00 Å². The number of aromatic nitrogens is 1. The first-order valence-electron chi connectivity index (χ1n) is 10.3. The molecular formula is C24H28N2O5S. The van der Waals surface area contributed by atoms with Crippen molar-refractivity contribution in [3.8, 4) is 23.0 Å². The van der Waals surface area contributed by atoms with Gasteiger partial charge in [-0.1, -0.05) is 23.8 Å². The molecule has 1 aromatic heterocycles. The van der Waals surface area contributed by atoms with Crippen molar-refractivity contribution in [2.75, 3.05) is 26.5 Å². The lowest BCUT2D eigenvalue weighted by Gasteiger charge is -2.11. The van der Waals surface area contributed by atoms with Crippen LogP contribution in [0.3, 0.4) is 0 Å². The van der Waals surface area contributed by atoms with Crippen molar-refractivity contribution >= 4 is 16.7 Å². The minimum atomic E-state index is -1.39. The minimum Gasteiger partial charge on any atom is -0.497 e. The molecule has 1 N–H and O–H groups in total. The molecule has 1 amide bonds. The summed E-state index contributed by atoms with van der Waals surface area (Å²) in [5.41, 5.74) is 3.57. The van der Waals surface area contributed by atoms with E-state index in [4.69, 9.17) is 13.9 Å². The third-order valence-corrected chi connectivity index (χ3v) is 6.17. The Morgan fingerprint density at radius 1 is 1.09 bits per heavy atom. The Labute approximate surface area is 190 Å². The zero-order chi connectivity index (χ0) is 23.1. The van der Waals surface area contributed by atoms with Gasteiger partial charge in [0, 0.05) is 29.0 Å². The Balaban J connectivity index is 1.50. The molecule has 0 aliphatic heterocycles. The second-order valence-electron chi connectivity index (χ2n) is 7.39. The Kier molecular flexibility index (Phi) is 8.05. The zero-order valence-corrected chi connectivity index (χ0v) is 19.6. The van der Waals surface area contributed by atoms with Crippen molar-refractivity contribution in [1.29, 1.82) is 0 Å². The maximum Gasteiger partial charge on any atom is 0.232 e. The van der Waals surface area contributed by atoms with Crippen LogP contribution in [0, 0.1) is 13.8 Å². The van der Waals surface area contributed by atoms with Crippen LogP contribution in [0.4, 0.5) is 0 Å². The summed E-state index contributed by atoms with van der Waals surface area (Å²) in [6.07, 6.45) is 0.591. The number of hydrogen-bond acceptors (Lipinski definition) is 6. The number of nitrogens with zero attached hydrogens (tertiary/aromatic N) is 1. The van der Waals surface area contributed by atoms with E-state index in [1.54, 1.807) is 27.2 Å². The lowest BCUT2D eigenvalue weighted by Crippen LogP contribution is -2.30. The summed E-state index contributed by atoms with van der Waals surface area (Å²) in [7, 11) is 1.80. The van der Waals surface area contributed by atoms with Crippen LogP contribution in [0.15, 0.2) is 46.9 Å². The molecule has 0 unspecified atom stereocenters. The number of methoxy groups -OCH3 is 2. The minimum absolute atomic E-state index is 0.0914. The number of carbonyl (C=O) groups is 1. The highest BCUT2D eigenvalue weighted by Crippen LogP contribution is 2.25. The standard InChI is InChI=1S/C24H28N2O5S/c1-16-5-7-19(8-6-16)24-26-21(17(2)31-24)14-32(28)15-23(27)25-12-11-18-9-10-20(29-3)13-22(18)30-4/h5-10,13H,11-12,14-15H2,1-4H3,(H,25,27)/t32-/m0/s1. The van der Waals surface area contributed by atoms with Gasteiger partial charge in [-0.25, -0.2) is 4.98 Å². The number of rotatable bonds is 10. The molecule has 170 valence electrons. The quantitative estimate of drug-likeness (QED) is 0.501. The molecule has 0 saturated heterocycles. The molecule has 1 heterocycles. The average molecular weight is 457 g/mol. The molecule has 3 aromatic rings. The number of oxazole rings is 1. The van der Waals surface area contributed by atoms with Gasteiger partial charge in [0.05, 0.1) is 25.7 Å². The Hall–Kier alpha value is -3.13. The lowest BCUT2D eigenvalue weighted by atomic mass is 10.1. The smallest absolute Gasteiger partial charge is 0.232 e. The molecular weight excluding hydrogens is 428 g/mol. The molecule has 0 bridgehead atoms. The predicted molar refractivity (Wildman–Crippen MR) is 124 cm³/mol. The second-order valence-corrected chi connectivity index (χ2v) is 8.85.